The number of halogens is 11. The highest BCUT2D eigenvalue weighted by molar-refractivity contribution is 6.39. The molecule has 3 aromatic rings. The fraction of sp³-hybridized carbons (Fsp3) is 0.409. The van der Waals surface area contributed by atoms with Gasteiger partial charge in [0.15, 0.2) is 5.65 Å². The standard InChI is InChI=1S/C22H18Cl2F9N7O3/c1-9(41)5-34-2-3-43-17-10(16(42)36-8-19(25,26)20(27,28)21(29,30)22(31,32)33)4-13-15(39-17)40-18(37-13)38-14-11(23)6-35-7-12(14)24/h4,6-7,34H,2-3,5,8H2,1H3,(H,36,42)(H2,35,37,38,39,40). The number of aromatic amines is 1. The third-order valence-corrected chi connectivity index (χ3v) is 5.93. The van der Waals surface area contributed by atoms with Gasteiger partial charge in [-0.15, -0.1) is 0 Å². The number of aromatic nitrogens is 4. The molecule has 0 saturated heterocycles. The number of alkyl halides is 9. The van der Waals surface area contributed by atoms with E-state index < -0.39 is 47.8 Å². The molecule has 21 heteroatoms. The number of ketones is 1. The van der Waals surface area contributed by atoms with Gasteiger partial charge in [0.2, 0.25) is 11.8 Å². The number of imidazole rings is 1. The first-order valence-electron chi connectivity index (χ1n) is 11.6. The molecule has 0 bridgehead atoms. The molecule has 43 heavy (non-hydrogen) atoms. The number of hydrogen-bond donors (Lipinski definition) is 4. The van der Waals surface area contributed by atoms with Crippen molar-refractivity contribution in [1.82, 2.24) is 30.6 Å². The number of amides is 1. The molecule has 10 nitrogen and oxygen atoms in total. The van der Waals surface area contributed by atoms with Crippen LogP contribution in [0.1, 0.15) is 17.3 Å². The summed E-state index contributed by atoms with van der Waals surface area (Å²) >= 11 is 12.1. The molecule has 0 aliphatic carbocycles. The summed E-state index contributed by atoms with van der Waals surface area (Å²) in [6.07, 6.45) is -4.53. The third kappa shape index (κ3) is 7.32. The lowest BCUT2D eigenvalue weighted by atomic mass is 10.0. The van der Waals surface area contributed by atoms with E-state index >= 15 is 0 Å². The maximum Gasteiger partial charge on any atom is 0.460 e. The number of nitrogens with zero attached hydrogens (tertiary/aromatic N) is 3. The van der Waals surface area contributed by atoms with Crippen LogP contribution in [0.3, 0.4) is 0 Å². The molecule has 236 valence electrons. The van der Waals surface area contributed by atoms with Gasteiger partial charge in [-0.2, -0.15) is 49.5 Å². The van der Waals surface area contributed by atoms with Crippen LogP contribution in [0.4, 0.5) is 51.1 Å². The maximum absolute atomic E-state index is 14.0. The molecule has 3 rings (SSSR count). The van der Waals surface area contributed by atoms with Gasteiger partial charge in [-0.3, -0.25) is 14.6 Å². The number of fused-ring (bicyclic) bond motifs is 1. The van der Waals surface area contributed by atoms with Gasteiger partial charge < -0.3 is 25.7 Å². The molecule has 0 aromatic carbocycles. The minimum atomic E-state index is -7.13. The molecule has 0 aliphatic rings. The zero-order chi connectivity index (χ0) is 32.4. The first-order valence-corrected chi connectivity index (χ1v) is 12.3. The van der Waals surface area contributed by atoms with Crippen LogP contribution in [0, 0.1) is 0 Å². The summed E-state index contributed by atoms with van der Waals surface area (Å²) in [7, 11) is 0. The molecular weight excluding hydrogens is 652 g/mol. The highest BCUT2D eigenvalue weighted by atomic mass is 35.5. The van der Waals surface area contributed by atoms with Crippen molar-refractivity contribution in [3.8, 4) is 5.88 Å². The smallest absolute Gasteiger partial charge is 0.460 e. The first-order chi connectivity index (χ1) is 19.8. The normalized spacial score (nSPS) is 12.8. The van der Waals surface area contributed by atoms with Crippen molar-refractivity contribution in [2.45, 2.75) is 30.9 Å². The Balaban J connectivity index is 1.91. The lowest BCUT2D eigenvalue weighted by molar-refractivity contribution is -0.394. The molecule has 0 aliphatic heterocycles. The largest absolute Gasteiger partial charge is 0.476 e. The molecule has 4 N–H and O–H groups in total. The summed E-state index contributed by atoms with van der Waals surface area (Å²) in [6.45, 7) is -1.72. The van der Waals surface area contributed by atoms with Gasteiger partial charge in [-0.1, -0.05) is 23.2 Å². The maximum atomic E-state index is 14.0. The Labute approximate surface area is 244 Å². The number of rotatable bonds is 13. The Morgan fingerprint density at radius 1 is 0.977 bits per heavy atom. The number of ether oxygens (including phenoxy) is 1. The number of pyridine rings is 2. The van der Waals surface area contributed by atoms with E-state index in [2.05, 4.69) is 30.6 Å². The monoisotopic (exact) mass is 669 g/mol. The van der Waals surface area contributed by atoms with E-state index in [1.54, 1.807) is 0 Å². The van der Waals surface area contributed by atoms with Crippen molar-refractivity contribution in [1.29, 1.82) is 0 Å². The van der Waals surface area contributed by atoms with E-state index in [1.807, 2.05) is 0 Å². The Kier molecular flexibility index (Phi) is 9.91. The first kappa shape index (κ1) is 33.9. The summed E-state index contributed by atoms with van der Waals surface area (Å²) in [5, 5.41) is 6.72. The molecule has 0 saturated carbocycles. The minimum Gasteiger partial charge on any atom is -0.476 e. The van der Waals surface area contributed by atoms with Gasteiger partial charge >= 0.3 is 23.9 Å². The number of H-pyrrole nitrogens is 1. The Hall–Kier alpha value is -3.58. The summed E-state index contributed by atoms with van der Waals surface area (Å²) in [5.41, 5.74) is -0.830. The van der Waals surface area contributed by atoms with E-state index in [0.29, 0.717) is 0 Å². The molecule has 0 unspecified atom stereocenters. The van der Waals surface area contributed by atoms with Gasteiger partial charge in [0.1, 0.15) is 18.0 Å². The van der Waals surface area contributed by atoms with Gasteiger partial charge in [-0.05, 0) is 13.0 Å². The van der Waals surface area contributed by atoms with Crippen LogP contribution >= 0.6 is 23.2 Å². The third-order valence-electron chi connectivity index (χ3n) is 5.35. The van der Waals surface area contributed by atoms with Crippen molar-refractivity contribution < 1.29 is 53.8 Å². The van der Waals surface area contributed by atoms with Crippen LogP contribution < -0.4 is 20.7 Å². The zero-order valence-electron chi connectivity index (χ0n) is 21.3. The fourth-order valence-corrected chi connectivity index (χ4v) is 3.66. The molecule has 0 radical (unpaired) electrons. The van der Waals surface area contributed by atoms with Crippen LogP contribution in [0.2, 0.25) is 10.0 Å². The quantitative estimate of drug-likeness (QED) is 0.145. The Bertz CT molecular complexity index is 1480. The summed E-state index contributed by atoms with van der Waals surface area (Å²) in [4.78, 5) is 38.2. The second-order valence-electron chi connectivity index (χ2n) is 8.66. The zero-order valence-corrected chi connectivity index (χ0v) is 22.8. The summed E-state index contributed by atoms with van der Waals surface area (Å²) < 4.78 is 124. The number of nitrogens with one attached hydrogen (secondary N) is 4. The number of carbonyl (C=O) groups is 2. The molecule has 3 heterocycles. The van der Waals surface area contributed by atoms with Crippen molar-refractivity contribution >= 4 is 57.7 Å². The lowest BCUT2D eigenvalue weighted by Crippen LogP contribution is -2.63. The van der Waals surface area contributed by atoms with Crippen molar-refractivity contribution in [2.75, 3.05) is 31.6 Å². The molecule has 3 aromatic heterocycles. The predicted molar refractivity (Wildman–Crippen MR) is 134 cm³/mol. The van der Waals surface area contributed by atoms with E-state index in [0.717, 1.165) is 6.07 Å². The molecule has 0 atom stereocenters. The number of Topliss-reactive ketones (excluding diaryl/α,β-unsaturated/α-hetero) is 1. The van der Waals surface area contributed by atoms with E-state index in [-0.39, 0.29) is 58.3 Å². The summed E-state index contributed by atoms with van der Waals surface area (Å²) in [6, 6.07) is 0.907. The second kappa shape index (κ2) is 12.6. The van der Waals surface area contributed by atoms with Gasteiger partial charge in [-0.25, -0.2) is 0 Å². The van der Waals surface area contributed by atoms with Crippen LogP contribution in [-0.2, 0) is 4.79 Å². The summed E-state index contributed by atoms with van der Waals surface area (Å²) in [5.74, 6) is -22.7. The highest BCUT2D eigenvalue weighted by Gasteiger charge is 2.81. The predicted octanol–water partition coefficient (Wildman–Crippen LogP) is 5.16. The SMILES string of the molecule is CC(=O)CNCCOc1nc2nc(Nc3c(Cl)cncc3Cl)[nH]c2cc1C(=O)NCC(F)(F)C(F)(F)C(F)(F)C(F)(F)F. The van der Waals surface area contributed by atoms with Crippen molar-refractivity contribution in [2.24, 2.45) is 0 Å². The minimum absolute atomic E-state index is 0.0103. The van der Waals surface area contributed by atoms with Crippen LogP contribution in [0.5, 0.6) is 5.88 Å². The molecule has 0 spiro atoms. The van der Waals surface area contributed by atoms with E-state index in [1.165, 1.54) is 24.6 Å². The Morgan fingerprint density at radius 3 is 2.19 bits per heavy atom. The van der Waals surface area contributed by atoms with Crippen molar-refractivity contribution in [3.05, 3.63) is 34.1 Å². The van der Waals surface area contributed by atoms with Gasteiger partial charge in [0.25, 0.3) is 5.91 Å². The highest BCUT2D eigenvalue weighted by Crippen LogP contribution is 2.52. The molecular formula is C22H18Cl2F9N7O3. The van der Waals surface area contributed by atoms with Crippen LogP contribution in [-0.4, -0.2) is 81.8 Å². The van der Waals surface area contributed by atoms with Crippen LogP contribution in [0.15, 0.2) is 18.5 Å². The molecule has 0 fully saturated rings. The average Bonchev–Trinajstić information content (AvgIpc) is 3.29. The van der Waals surface area contributed by atoms with Crippen LogP contribution in [0.25, 0.3) is 11.2 Å². The van der Waals surface area contributed by atoms with Gasteiger partial charge in [0, 0.05) is 18.9 Å². The van der Waals surface area contributed by atoms with Crippen molar-refractivity contribution in [3.63, 3.8) is 0 Å². The van der Waals surface area contributed by atoms with E-state index in [4.69, 9.17) is 27.9 Å². The average molecular weight is 670 g/mol. The number of carbonyl (C=O) groups excluding carboxylic acids is 2. The van der Waals surface area contributed by atoms with Gasteiger partial charge in [0.05, 0.1) is 34.3 Å². The Morgan fingerprint density at radius 2 is 1.60 bits per heavy atom. The molecule has 1 amide bonds. The second-order valence-corrected chi connectivity index (χ2v) is 9.48. The topological polar surface area (TPSA) is 134 Å². The number of hydrogen-bond acceptors (Lipinski definition) is 8. The fourth-order valence-electron chi connectivity index (χ4n) is 3.20. The lowest BCUT2D eigenvalue weighted by Gasteiger charge is -2.33. The number of anilines is 2. The van der Waals surface area contributed by atoms with E-state index in [9.17, 15) is 49.1 Å².